The van der Waals surface area contributed by atoms with E-state index in [1.807, 2.05) is 32.1 Å². The molecule has 1 aliphatic rings. The van der Waals surface area contributed by atoms with Crippen LogP contribution in [0.3, 0.4) is 0 Å². The zero-order chi connectivity index (χ0) is 13.4. The van der Waals surface area contributed by atoms with E-state index in [4.69, 9.17) is 0 Å². The van der Waals surface area contributed by atoms with Gasteiger partial charge in [-0.05, 0) is 30.0 Å². The van der Waals surface area contributed by atoms with Gasteiger partial charge in [0.25, 0.3) is 0 Å². The molecule has 0 bridgehead atoms. The molecule has 0 heterocycles. The molecule has 1 aliphatic carbocycles. The Morgan fingerprint density at radius 1 is 1.00 bits per heavy atom. The molecule has 0 saturated heterocycles. The van der Waals surface area contributed by atoms with Gasteiger partial charge in [0.05, 0.1) is 0 Å². The van der Waals surface area contributed by atoms with E-state index < -0.39 is 0 Å². The van der Waals surface area contributed by atoms with Gasteiger partial charge in [-0.1, -0.05) is 69.2 Å². The highest BCUT2D eigenvalue weighted by atomic mass is 14.1. The van der Waals surface area contributed by atoms with Gasteiger partial charge in [-0.2, -0.15) is 0 Å². The average Bonchev–Trinajstić information content (AvgIpc) is 2.42. The Bertz CT molecular complexity index is 518. The van der Waals surface area contributed by atoms with Crippen LogP contribution >= 0.6 is 0 Å². The number of hydrogen-bond donors (Lipinski definition) is 0. The average molecular weight is 236 g/mol. The van der Waals surface area contributed by atoms with Crippen molar-refractivity contribution < 1.29 is 0 Å². The lowest BCUT2D eigenvalue weighted by molar-refractivity contribution is 0.955. The first-order chi connectivity index (χ1) is 8.85. The SMILES string of the molecule is C=C/C1=C(\C=C)CCc2ccccc2C#C1.CC. The molecule has 0 fully saturated rings. The van der Waals surface area contributed by atoms with Crippen LogP contribution in [0.25, 0.3) is 0 Å². The molecule has 0 radical (unpaired) electrons. The maximum atomic E-state index is 3.84. The molecular formula is C18H20. The fourth-order valence-corrected chi connectivity index (χ4v) is 1.87. The summed E-state index contributed by atoms with van der Waals surface area (Å²) in [6, 6.07) is 8.31. The molecule has 18 heavy (non-hydrogen) atoms. The number of allylic oxidation sites excluding steroid dienone is 4. The van der Waals surface area contributed by atoms with Crippen molar-refractivity contribution in [1.82, 2.24) is 0 Å². The van der Waals surface area contributed by atoms with Gasteiger partial charge in [0.1, 0.15) is 0 Å². The molecule has 0 aliphatic heterocycles. The minimum absolute atomic E-state index is 0.983. The Morgan fingerprint density at radius 3 is 2.39 bits per heavy atom. The topological polar surface area (TPSA) is 0 Å². The van der Waals surface area contributed by atoms with Crippen LogP contribution in [0.2, 0.25) is 0 Å². The normalized spacial score (nSPS) is 16.8. The summed E-state index contributed by atoms with van der Waals surface area (Å²) in [7, 11) is 0. The molecule has 0 atom stereocenters. The molecule has 0 heteroatoms. The first-order valence-electron chi connectivity index (χ1n) is 6.43. The van der Waals surface area contributed by atoms with E-state index in [1.165, 1.54) is 11.1 Å². The van der Waals surface area contributed by atoms with Gasteiger partial charge in [0, 0.05) is 11.1 Å². The van der Waals surface area contributed by atoms with Gasteiger partial charge >= 0.3 is 0 Å². The minimum atomic E-state index is 0.983. The van der Waals surface area contributed by atoms with Crippen LogP contribution in [0.4, 0.5) is 0 Å². The van der Waals surface area contributed by atoms with Crippen molar-refractivity contribution in [3.63, 3.8) is 0 Å². The van der Waals surface area contributed by atoms with E-state index in [1.54, 1.807) is 0 Å². The molecule has 0 spiro atoms. The van der Waals surface area contributed by atoms with E-state index in [-0.39, 0.29) is 0 Å². The van der Waals surface area contributed by atoms with Crippen molar-refractivity contribution in [2.24, 2.45) is 0 Å². The Balaban J connectivity index is 0.000000771. The van der Waals surface area contributed by atoms with Crippen molar-refractivity contribution in [3.05, 3.63) is 71.8 Å². The van der Waals surface area contributed by atoms with Crippen LogP contribution in [0.1, 0.15) is 31.4 Å². The maximum absolute atomic E-state index is 3.84. The van der Waals surface area contributed by atoms with Gasteiger partial charge in [-0.15, -0.1) is 0 Å². The largest absolute Gasteiger partial charge is 0.0987 e. The van der Waals surface area contributed by atoms with Crippen molar-refractivity contribution in [2.75, 3.05) is 0 Å². The fourth-order valence-electron chi connectivity index (χ4n) is 1.87. The number of fused-ring (bicyclic) bond motifs is 1. The molecule has 1 aromatic rings. The summed E-state index contributed by atoms with van der Waals surface area (Å²) >= 11 is 0. The van der Waals surface area contributed by atoms with Crippen LogP contribution in [0.5, 0.6) is 0 Å². The van der Waals surface area contributed by atoms with Crippen LogP contribution in [-0.2, 0) is 6.42 Å². The lowest BCUT2D eigenvalue weighted by atomic mass is 9.94. The zero-order valence-electron chi connectivity index (χ0n) is 11.3. The summed E-state index contributed by atoms with van der Waals surface area (Å²) in [6.45, 7) is 11.6. The van der Waals surface area contributed by atoms with Crippen LogP contribution in [0, 0.1) is 11.8 Å². The molecule has 0 unspecified atom stereocenters. The lowest BCUT2D eigenvalue weighted by Gasteiger charge is -2.09. The Hall–Kier alpha value is -2.00. The highest BCUT2D eigenvalue weighted by Gasteiger charge is 2.05. The van der Waals surface area contributed by atoms with Crippen molar-refractivity contribution in [2.45, 2.75) is 26.7 Å². The van der Waals surface area contributed by atoms with E-state index >= 15 is 0 Å². The Morgan fingerprint density at radius 2 is 1.72 bits per heavy atom. The van der Waals surface area contributed by atoms with Crippen molar-refractivity contribution in [1.29, 1.82) is 0 Å². The standard InChI is InChI=1S/C16H14.C2H6/c1-3-13-9-11-15-7-5-6-8-16(15)12-10-14(13)4-2;1-2/h3-8H,1-2,9,11H2;1-2H3/b14-13-;. The van der Waals surface area contributed by atoms with Gasteiger partial charge in [-0.3, -0.25) is 0 Å². The van der Waals surface area contributed by atoms with Gasteiger partial charge in [-0.25, -0.2) is 0 Å². The quantitative estimate of drug-likeness (QED) is 0.654. The summed E-state index contributed by atoms with van der Waals surface area (Å²) in [5.74, 6) is 6.37. The van der Waals surface area contributed by atoms with Crippen LogP contribution < -0.4 is 0 Å². The third-order valence-corrected chi connectivity index (χ3v) is 2.81. The number of hydrogen-bond acceptors (Lipinski definition) is 0. The summed E-state index contributed by atoms with van der Waals surface area (Å²) < 4.78 is 0. The summed E-state index contributed by atoms with van der Waals surface area (Å²) in [6.07, 6.45) is 5.71. The van der Waals surface area contributed by atoms with E-state index in [0.29, 0.717) is 0 Å². The van der Waals surface area contributed by atoms with E-state index in [2.05, 4.69) is 43.2 Å². The fraction of sp³-hybridized carbons (Fsp3) is 0.222. The van der Waals surface area contributed by atoms with Gasteiger partial charge in [0.2, 0.25) is 0 Å². The predicted molar refractivity (Wildman–Crippen MR) is 80.4 cm³/mol. The third-order valence-electron chi connectivity index (χ3n) is 2.81. The first-order valence-corrected chi connectivity index (χ1v) is 6.43. The molecule has 92 valence electrons. The molecule has 0 saturated carbocycles. The molecule has 0 aromatic heterocycles. The van der Waals surface area contributed by atoms with Gasteiger partial charge < -0.3 is 0 Å². The number of benzene rings is 1. The minimum Gasteiger partial charge on any atom is -0.0987 e. The van der Waals surface area contributed by atoms with Crippen LogP contribution in [0.15, 0.2) is 60.7 Å². The summed E-state index contributed by atoms with van der Waals surface area (Å²) in [4.78, 5) is 0. The molecule has 1 aromatic carbocycles. The number of rotatable bonds is 2. The number of aryl methyl sites for hydroxylation is 1. The van der Waals surface area contributed by atoms with Crippen molar-refractivity contribution in [3.8, 4) is 11.8 Å². The second-order valence-corrected chi connectivity index (χ2v) is 3.75. The molecule has 0 N–H and O–H groups in total. The zero-order valence-corrected chi connectivity index (χ0v) is 11.3. The monoisotopic (exact) mass is 236 g/mol. The molecule has 0 nitrogen and oxygen atoms in total. The highest BCUT2D eigenvalue weighted by Crippen LogP contribution is 2.19. The highest BCUT2D eigenvalue weighted by molar-refractivity contribution is 5.53. The smallest absolute Gasteiger partial charge is 0.0281 e. The maximum Gasteiger partial charge on any atom is 0.0281 e. The Kier molecular flexibility index (Phi) is 5.74. The summed E-state index contributed by atoms with van der Waals surface area (Å²) in [5.41, 5.74) is 4.64. The predicted octanol–water partition coefficient (Wildman–Crippen LogP) is 4.68. The van der Waals surface area contributed by atoms with Crippen molar-refractivity contribution >= 4 is 0 Å². The molecular weight excluding hydrogens is 216 g/mol. The van der Waals surface area contributed by atoms with Gasteiger partial charge in [0.15, 0.2) is 0 Å². The third kappa shape index (κ3) is 3.25. The second kappa shape index (κ2) is 7.35. The van der Waals surface area contributed by atoms with E-state index in [0.717, 1.165) is 24.0 Å². The lowest BCUT2D eigenvalue weighted by Crippen LogP contribution is -1.96. The Labute approximate surface area is 111 Å². The molecule has 0 amide bonds. The first kappa shape index (κ1) is 14.1. The van der Waals surface area contributed by atoms with E-state index in [9.17, 15) is 0 Å². The van der Waals surface area contributed by atoms with Crippen LogP contribution in [-0.4, -0.2) is 0 Å². The molecule has 2 rings (SSSR count). The second-order valence-electron chi connectivity index (χ2n) is 3.75. The summed E-state index contributed by atoms with van der Waals surface area (Å²) in [5, 5.41) is 0.